The summed E-state index contributed by atoms with van der Waals surface area (Å²) in [4.78, 5) is 17.7. The molecule has 160 valence electrons. The molecule has 3 heterocycles. The minimum absolute atomic E-state index is 0.0978. The number of thioether (sulfide) groups is 1. The number of para-hydroxylation sites is 1. The van der Waals surface area contributed by atoms with Gasteiger partial charge in [-0.15, -0.1) is 28.1 Å². The second-order valence-corrected chi connectivity index (χ2v) is 8.80. The zero-order valence-corrected chi connectivity index (χ0v) is 18.9. The molecule has 0 atom stereocenters. The fourth-order valence-electron chi connectivity index (χ4n) is 3.52. The third-order valence-corrected chi connectivity index (χ3v) is 6.91. The van der Waals surface area contributed by atoms with Gasteiger partial charge in [0.05, 0.1) is 23.7 Å². The third-order valence-electron chi connectivity index (χ3n) is 5.01. The molecule has 7 nitrogen and oxygen atoms in total. The summed E-state index contributed by atoms with van der Waals surface area (Å²) >= 11 is 3.14. The average Bonchev–Trinajstić information content (AvgIpc) is 3.48. The molecule has 0 aliphatic heterocycles. The number of thiazole rings is 1. The normalized spacial score (nSPS) is 11.3. The molecule has 0 saturated heterocycles. The predicted molar refractivity (Wildman–Crippen MR) is 129 cm³/mol. The topological polar surface area (TPSA) is 74.3 Å². The fraction of sp³-hybridized carbons (Fsp3) is 0.130. The van der Waals surface area contributed by atoms with Crippen molar-refractivity contribution in [1.29, 1.82) is 0 Å². The van der Waals surface area contributed by atoms with Crippen molar-refractivity contribution >= 4 is 39.8 Å². The lowest BCUT2D eigenvalue weighted by atomic mass is 10.2. The summed E-state index contributed by atoms with van der Waals surface area (Å²) in [7, 11) is 1.66. The summed E-state index contributed by atoms with van der Waals surface area (Å²) in [6, 6.07) is 15.4. The van der Waals surface area contributed by atoms with Crippen LogP contribution in [0.4, 0.5) is 0 Å². The van der Waals surface area contributed by atoms with Gasteiger partial charge in [-0.1, -0.05) is 42.1 Å². The first-order valence-electron chi connectivity index (χ1n) is 9.89. The van der Waals surface area contributed by atoms with E-state index in [2.05, 4.69) is 22.2 Å². The molecule has 0 N–H and O–H groups in total. The summed E-state index contributed by atoms with van der Waals surface area (Å²) in [6.45, 7) is 4.13. The Labute approximate surface area is 192 Å². The van der Waals surface area contributed by atoms with Gasteiger partial charge >= 0.3 is 0 Å². The van der Waals surface area contributed by atoms with Crippen molar-refractivity contribution in [3.8, 4) is 16.3 Å². The molecule has 5 rings (SSSR count). The lowest BCUT2D eigenvalue weighted by Crippen LogP contribution is -2.22. The Bertz CT molecular complexity index is 1500. The molecule has 9 heteroatoms. The number of ether oxygens (including phenoxy) is 1. The Hall–Kier alpha value is -3.43. The maximum absolute atomic E-state index is 12.9. The highest BCUT2D eigenvalue weighted by Gasteiger charge is 2.16. The van der Waals surface area contributed by atoms with E-state index in [1.165, 1.54) is 0 Å². The number of allylic oxidation sites excluding steroid dienone is 1. The number of hydrogen-bond acceptors (Lipinski definition) is 7. The van der Waals surface area contributed by atoms with Crippen molar-refractivity contribution in [3.63, 3.8) is 0 Å². The number of fused-ring (bicyclic) bond motifs is 3. The molecule has 0 unspecified atom stereocenters. The highest BCUT2D eigenvalue weighted by Crippen LogP contribution is 2.30. The Morgan fingerprint density at radius 3 is 2.91 bits per heavy atom. The van der Waals surface area contributed by atoms with Gasteiger partial charge in [0, 0.05) is 23.2 Å². The van der Waals surface area contributed by atoms with Gasteiger partial charge in [-0.05, 0) is 24.3 Å². The van der Waals surface area contributed by atoms with Gasteiger partial charge in [-0.25, -0.2) is 4.98 Å². The Morgan fingerprint density at radius 2 is 2.06 bits per heavy atom. The van der Waals surface area contributed by atoms with E-state index in [4.69, 9.17) is 9.72 Å². The Morgan fingerprint density at radius 1 is 1.19 bits per heavy atom. The van der Waals surface area contributed by atoms with Gasteiger partial charge in [-0.2, -0.15) is 0 Å². The molecule has 5 aromatic rings. The van der Waals surface area contributed by atoms with E-state index in [0.717, 1.165) is 27.5 Å². The first kappa shape index (κ1) is 20.5. The molecule has 0 saturated carbocycles. The Balaban J connectivity index is 1.49. The van der Waals surface area contributed by atoms with Crippen molar-refractivity contribution in [3.05, 3.63) is 82.6 Å². The number of aromatic nitrogens is 5. The summed E-state index contributed by atoms with van der Waals surface area (Å²) in [5, 5.41) is 13.0. The van der Waals surface area contributed by atoms with Crippen molar-refractivity contribution < 1.29 is 4.74 Å². The SMILES string of the molecule is C=CCn1c(=O)c2ccccc2n2c(SCc3csc(-c4cccc(OC)c4)n3)nnc12. The first-order valence-corrected chi connectivity index (χ1v) is 11.8. The standard InChI is InChI=1S/C23H19N5O2S2/c1-3-11-27-21(29)18-9-4-5-10-19(18)28-22(27)25-26-23(28)32-14-16-13-31-20(24-16)15-7-6-8-17(12-15)30-2/h3-10,12-13H,1,11,14H2,2H3. The molecular formula is C23H19N5O2S2. The molecule has 32 heavy (non-hydrogen) atoms. The molecule has 0 bridgehead atoms. The number of hydrogen-bond donors (Lipinski definition) is 0. The molecule has 3 aromatic heterocycles. The van der Waals surface area contributed by atoms with E-state index in [-0.39, 0.29) is 5.56 Å². The predicted octanol–water partition coefficient (Wildman–Crippen LogP) is 4.65. The van der Waals surface area contributed by atoms with E-state index < -0.39 is 0 Å². The second-order valence-electron chi connectivity index (χ2n) is 7.00. The second kappa shape index (κ2) is 8.60. The highest BCUT2D eigenvalue weighted by atomic mass is 32.2. The van der Waals surface area contributed by atoms with Crippen molar-refractivity contribution in [2.24, 2.45) is 0 Å². The smallest absolute Gasteiger partial charge is 0.263 e. The van der Waals surface area contributed by atoms with Crippen molar-refractivity contribution in [2.45, 2.75) is 17.5 Å². The molecule has 2 aromatic carbocycles. The minimum Gasteiger partial charge on any atom is -0.497 e. The number of methoxy groups -OCH3 is 1. The first-order chi connectivity index (χ1) is 15.7. The van der Waals surface area contributed by atoms with Crippen LogP contribution in [0.25, 0.3) is 27.3 Å². The fourth-order valence-corrected chi connectivity index (χ4v) is 5.28. The molecule has 0 aliphatic rings. The van der Waals surface area contributed by atoms with Crippen molar-refractivity contribution in [1.82, 2.24) is 24.1 Å². The summed E-state index contributed by atoms with van der Waals surface area (Å²) in [6.07, 6.45) is 1.69. The summed E-state index contributed by atoms with van der Waals surface area (Å²) in [5.41, 5.74) is 2.67. The van der Waals surface area contributed by atoms with Gasteiger partial charge in [0.1, 0.15) is 10.8 Å². The van der Waals surface area contributed by atoms with Crippen LogP contribution >= 0.6 is 23.1 Å². The lowest BCUT2D eigenvalue weighted by molar-refractivity contribution is 0.415. The number of nitrogens with zero attached hydrogens (tertiary/aromatic N) is 5. The van der Waals surface area contributed by atoms with Gasteiger partial charge in [0.25, 0.3) is 5.56 Å². The summed E-state index contributed by atoms with van der Waals surface area (Å²) in [5.74, 6) is 1.95. The van der Waals surface area contributed by atoms with Crippen LogP contribution in [0, 0.1) is 0 Å². The van der Waals surface area contributed by atoms with Crippen LogP contribution in [0.1, 0.15) is 5.69 Å². The van der Waals surface area contributed by atoms with Crippen LogP contribution in [-0.2, 0) is 12.3 Å². The number of rotatable bonds is 7. The molecular weight excluding hydrogens is 442 g/mol. The van der Waals surface area contributed by atoms with Crippen LogP contribution in [0.3, 0.4) is 0 Å². The van der Waals surface area contributed by atoms with E-state index in [1.54, 1.807) is 40.9 Å². The van der Waals surface area contributed by atoms with Gasteiger partial charge in [0.2, 0.25) is 5.78 Å². The van der Waals surface area contributed by atoms with Crippen LogP contribution in [0.5, 0.6) is 5.75 Å². The van der Waals surface area contributed by atoms with Gasteiger partial charge in [-0.3, -0.25) is 13.8 Å². The largest absolute Gasteiger partial charge is 0.497 e. The molecule has 0 amide bonds. The number of benzene rings is 2. The van der Waals surface area contributed by atoms with Gasteiger partial charge < -0.3 is 4.74 Å². The zero-order valence-electron chi connectivity index (χ0n) is 17.3. The maximum Gasteiger partial charge on any atom is 0.263 e. The quantitative estimate of drug-likeness (QED) is 0.259. The van der Waals surface area contributed by atoms with E-state index in [9.17, 15) is 4.79 Å². The molecule has 0 aliphatic carbocycles. The van der Waals surface area contributed by atoms with Crippen molar-refractivity contribution in [2.75, 3.05) is 7.11 Å². The van der Waals surface area contributed by atoms with Crippen LogP contribution in [-0.4, -0.2) is 31.3 Å². The van der Waals surface area contributed by atoms with E-state index in [0.29, 0.717) is 28.6 Å². The monoisotopic (exact) mass is 461 g/mol. The van der Waals surface area contributed by atoms with Crippen LogP contribution in [0.2, 0.25) is 0 Å². The molecule has 0 fully saturated rings. The average molecular weight is 462 g/mol. The maximum atomic E-state index is 12.9. The minimum atomic E-state index is -0.0978. The van der Waals surface area contributed by atoms with E-state index in [1.807, 2.05) is 52.9 Å². The molecule has 0 spiro atoms. The third kappa shape index (κ3) is 3.59. The van der Waals surface area contributed by atoms with Gasteiger partial charge in [0.15, 0.2) is 5.16 Å². The zero-order chi connectivity index (χ0) is 22.1. The molecule has 0 radical (unpaired) electrons. The van der Waals surface area contributed by atoms with Crippen LogP contribution < -0.4 is 10.3 Å². The lowest BCUT2D eigenvalue weighted by Gasteiger charge is -2.09. The van der Waals surface area contributed by atoms with Crippen LogP contribution in [0.15, 0.2) is 76.5 Å². The highest BCUT2D eigenvalue weighted by molar-refractivity contribution is 7.98. The summed E-state index contributed by atoms with van der Waals surface area (Å²) < 4.78 is 8.84. The van der Waals surface area contributed by atoms with E-state index >= 15 is 0 Å². The Kier molecular flexibility index (Phi) is 5.50.